The van der Waals surface area contributed by atoms with Crippen molar-refractivity contribution in [1.82, 2.24) is 0 Å². The van der Waals surface area contributed by atoms with Crippen molar-refractivity contribution >= 4 is 0 Å². The Bertz CT molecular complexity index is 288. The number of quaternary nitrogens is 1. The van der Waals surface area contributed by atoms with Gasteiger partial charge in [0.05, 0.1) is 46.0 Å². The third kappa shape index (κ3) is 14.7. The van der Waals surface area contributed by atoms with Gasteiger partial charge >= 0.3 is 0 Å². The van der Waals surface area contributed by atoms with Crippen LogP contribution in [-0.2, 0) is 9.47 Å². The first-order valence-corrected chi connectivity index (χ1v) is 10.7. The molecule has 3 atom stereocenters. The zero-order valence-electron chi connectivity index (χ0n) is 18.4. The van der Waals surface area contributed by atoms with Gasteiger partial charge in [0.2, 0.25) is 0 Å². The summed E-state index contributed by atoms with van der Waals surface area (Å²) in [6, 6.07) is 0. The number of hydrogen-bond acceptors (Lipinski definition) is 2. The van der Waals surface area contributed by atoms with Gasteiger partial charge in [-0.2, -0.15) is 0 Å². The van der Waals surface area contributed by atoms with Crippen LogP contribution in [0.3, 0.4) is 0 Å². The van der Waals surface area contributed by atoms with Crippen LogP contribution < -0.4 is 0 Å². The highest BCUT2D eigenvalue weighted by molar-refractivity contribution is 4.83. The first-order chi connectivity index (χ1) is 11.8. The van der Waals surface area contributed by atoms with Crippen molar-refractivity contribution < 1.29 is 14.0 Å². The number of nitrogens with zero attached hydrogens (tertiary/aromatic N) is 1. The predicted octanol–water partition coefficient (Wildman–Crippen LogP) is 5.63. The Labute approximate surface area is 159 Å². The second kappa shape index (κ2) is 15.0. The predicted molar refractivity (Wildman–Crippen MR) is 110 cm³/mol. The van der Waals surface area contributed by atoms with Crippen LogP contribution in [0.1, 0.15) is 85.0 Å². The molecule has 3 unspecified atom stereocenters. The Morgan fingerprint density at radius 1 is 0.880 bits per heavy atom. The second-order valence-corrected chi connectivity index (χ2v) is 8.54. The van der Waals surface area contributed by atoms with Gasteiger partial charge in [0.25, 0.3) is 0 Å². The molecular formula is C22H47NO2+. The molecule has 151 valence electrons. The number of rotatable bonds is 17. The Morgan fingerprint density at radius 2 is 1.44 bits per heavy atom. The van der Waals surface area contributed by atoms with Gasteiger partial charge in [-0.05, 0) is 19.8 Å². The number of methoxy groups -OCH3 is 1. The molecule has 3 heteroatoms. The molecule has 0 spiro atoms. The van der Waals surface area contributed by atoms with Gasteiger partial charge in [-0.1, -0.05) is 65.2 Å². The molecule has 0 fully saturated rings. The van der Waals surface area contributed by atoms with E-state index in [0.29, 0.717) is 6.10 Å². The Kier molecular flexibility index (Phi) is 14.9. The first kappa shape index (κ1) is 24.9. The lowest BCUT2D eigenvalue weighted by Gasteiger charge is -2.31. The van der Waals surface area contributed by atoms with Crippen LogP contribution >= 0.6 is 0 Å². The second-order valence-electron chi connectivity index (χ2n) is 8.54. The van der Waals surface area contributed by atoms with Crippen molar-refractivity contribution in [3.8, 4) is 0 Å². The molecule has 0 aliphatic heterocycles. The monoisotopic (exact) mass is 357 g/mol. The van der Waals surface area contributed by atoms with E-state index in [1.54, 1.807) is 7.11 Å². The van der Waals surface area contributed by atoms with Gasteiger partial charge in [0, 0.05) is 13.5 Å². The van der Waals surface area contributed by atoms with Crippen molar-refractivity contribution in [2.24, 2.45) is 0 Å². The summed E-state index contributed by atoms with van der Waals surface area (Å²) in [6.07, 6.45) is 16.1. The topological polar surface area (TPSA) is 18.5 Å². The maximum atomic E-state index is 6.42. The molecule has 0 rings (SSSR count). The van der Waals surface area contributed by atoms with Crippen molar-refractivity contribution in [2.75, 3.05) is 34.8 Å². The van der Waals surface area contributed by atoms with Crippen LogP contribution in [0.15, 0.2) is 0 Å². The molecule has 0 aromatic heterocycles. The molecule has 0 heterocycles. The van der Waals surface area contributed by atoms with Crippen molar-refractivity contribution in [3.63, 3.8) is 0 Å². The summed E-state index contributed by atoms with van der Waals surface area (Å²) >= 11 is 0. The number of unbranched alkanes of at least 4 members (excludes halogenated alkanes) is 7. The molecule has 25 heavy (non-hydrogen) atoms. The van der Waals surface area contributed by atoms with Crippen molar-refractivity contribution in [3.05, 3.63) is 6.42 Å². The van der Waals surface area contributed by atoms with E-state index in [9.17, 15) is 0 Å². The van der Waals surface area contributed by atoms with Gasteiger partial charge in [-0.25, -0.2) is 0 Å². The van der Waals surface area contributed by atoms with Gasteiger partial charge in [0.15, 0.2) is 0 Å². The SMILES string of the molecule is CCCCCCCCCCC(CC)OC([CH]C[N+](C)(C)C)C(C)OC. The molecule has 0 bridgehead atoms. The molecule has 1 radical (unpaired) electrons. The minimum Gasteiger partial charge on any atom is -0.379 e. The average Bonchev–Trinajstić information content (AvgIpc) is 2.57. The molecule has 0 aliphatic rings. The molecule has 0 aliphatic carbocycles. The van der Waals surface area contributed by atoms with Crippen LogP contribution in [0, 0.1) is 6.42 Å². The summed E-state index contributed by atoms with van der Waals surface area (Å²) < 4.78 is 12.9. The Hall–Kier alpha value is -0.120. The summed E-state index contributed by atoms with van der Waals surface area (Å²) in [6.45, 7) is 7.62. The number of hydrogen-bond donors (Lipinski definition) is 0. The van der Waals surface area contributed by atoms with E-state index in [0.717, 1.165) is 17.4 Å². The van der Waals surface area contributed by atoms with Gasteiger partial charge in [-0.3, -0.25) is 0 Å². The first-order valence-electron chi connectivity index (χ1n) is 10.7. The normalized spacial score (nSPS) is 16.0. The van der Waals surface area contributed by atoms with E-state index in [-0.39, 0.29) is 12.2 Å². The smallest absolute Gasteiger partial charge is 0.0925 e. The Balaban J connectivity index is 4.09. The summed E-state index contributed by atoms with van der Waals surface area (Å²) in [7, 11) is 8.41. The molecule has 0 aromatic carbocycles. The van der Waals surface area contributed by atoms with E-state index in [4.69, 9.17) is 9.47 Å². The molecule has 0 N–H and O–H groups in total. The zero-order valence-corrected chi connectivity index (χ0v) is 18.4. The van der Waals surface area contributed by atoms with E-state index < -0.39 is 0 Å². The molecule has 0 aromatic rings. The molecule has 0 saturated carbocycles. The van der Waals surface area contributed by atoms with Gasteiger partial charge in [-0.15, -0.1) is 0 Å². The lowest BCUT2D eigenvalue weighted by Crippen LogP contribution is -2.41. The highest BCUT2D eigenvalue weighted by atomic mass is 16.5. The Morgan fingerprint density at radius 3 is 1.92 bits per heavy atom. The van der Waals surface area contributed by atoms with E-state index in [1.165, 1.54) is 57.8 Å². The summed E-state index contributed by atoms with van der Waals surface area (Å²) in [5, 5.41) is 0. The summed E-state index contributed by atoms with van der Waals surface area (Å²) in [5.74, 6) is 0. The molecule has 3 nitrogen and oxygen atoms in total. The lowest BCUT2D eigenvalue weighted by molar-refractivity contribution is -0.866. The fourth-order valence-corrected chi connectivity index (χ4v) is 3.01. The zero-order chi connectivity index (χ0) is 19.1. The highest BCUT2D eigenvalue weighted by Crippen LogP contribution is 2.18. The minimum absolute atomic E-state index is 0.0846. The van der Waals surface area contributed by atoms with Crippen LogP contribution in [-0.4, -0.2) is 57.6 Å². The molecule has 0 saturated heterocycles. The fraction of sp³-hybridized carbons (Fsp3) is 0.955. The van der Waals surface area contributed by atoms with E-state index in [1.807, 2.05) is 0 Å². The maximum Gasteiger partial charge on any atom is 0.0925 e. The maximum absolute atomic E-state index is 6.42. The van der Waals surface area contributed by atoms with Crippen LogP contribution in [0.25, 0.3) is 0 Å². The lowest BCUT2D eigenvalue weighted by atomic mass is 10.0. The number of ether oxygens (including phenoxy) is 2. The largest absolute Gasteiger partial charge is 0.379 e. The van der Waals surface area contributed by atoms with Crippen LogP contribution in [0.5, 0.6) is 0 Å². The van der Waals surface area contributed by atoms with E-state index in [2.05, 4.69) is 48.3 Å². The van der Waals surface area contributed by atoms with Crippen molar-refractivity contribution in [1.29, 1.82) is 0 Å². The van der Waals surface area contributed by atoms with E-state index >= 15 is 0 Å². The molecule has 0 amide bonds. The van der Waals surface area contributed by atoms with Crippen molar-refractivity contribution in [2.45, 2.75) is 103 Å². The van der Waals surface area contributed by atoms with Gasteiger partial charge < -0.3 is 14.0 Å². The highest BCUT2D eigenvalue weighted by Gasteiger charge is 2.24. The van der Waals surface area contributed by atoms with Gasteiger partial charge in [0.1, 0.15) is 0 Å². The van der Waals surface area contributed by atoms with Crippen LogP contribution in [0.4, 0.5) is 0 Å². The quantitative estimate of drug-likeness (QED) is 0.248. The standard InChI is InChI=1S/C22H47NO2/c1-8-10-11-12-13-14-15-16-17-21(9-2)25-22(20(3)24-7)18-19-23(4,5)6/h18,20-22H,8-17,19H2,1-7H3/q+1. The average molecular weight is 358 g/mol. The third-order valence-electron chi connectivity index (χ3n) is 4.90. The molecular weight excluding hydrogens is 310 g/mol. The minimum atomic E-state index is 0.0846. The van der Waals surface area contributed by atoms with Crippen LogP contribution in [0.2, 0.25) is 0 Å². The summed E-state index contributed by atoms with van der Waals surface area (Å²) in [4.78, 5) is 0. The summed E-state index contributed by atoms with van der Waals surface area (Å²) in [5.41, 5.74) is 0. The fourth-order valence-electron chi connectivity index (χ4n) is 3.01. The third-order valence-corrected chi connectivity index (χ3v) is 4.90.